The number of pyridine rings is 1. The van der Waals surface area contributed by atoms with Crippen molar-refractivity contribution in [2.45, 2.75) is 30.4 Å². The molecule has 1 aromatic heterocycles. The summed E-state index contributed by atoms with van der Waals surface area (Å²) in [6, 6.07) is 13.0. The van der Waals surface area contributed by atoms with Gasteiger partial charge < -0.3 is 20.1 Å². The lowest BCUT2D eigenvalue weighted by atomic mass is 9.49. The van der Waals surface area contributed by atoms with E-state index < -0.39 is 104 Å². The van der Waals surface area contributed by atoms with Crippen LogP contribution in [0.5, 0.6) is 17.2 Å². The number of rotatable bonds is 7. The Labute approximate surface area is 350 Å². The number of allylic oxidation sites excluding steroid dienone is 2. The molecule has 304 valence electrons. The number of benzene rings is 3. The molecule has 3 aromatic carbocycles. The number of phenolic OH excluding ortho intramolecular Hbond substituents is 1. The molecule has 0 radical (unpaired) electrons. The second-order valence-electron chi connectivity index (χ2n) is 14.5. The highest BCUT2D eigenvalue weighted by Gasteiger charge is 2.71. The van der Waals surface area contributed by atoms with Crippen LogP contribution < -0.4 is 15.1 Å². The number of anilines is 2. The second-order valence-corrected chi connectivity index (χ2v) is 16.2. The Hall–Kier alpha value is -5.65. The fourth-order valence-corrected chi connectivity index (χ4v) is 9.98. The highest BCUT2D eigenvalue weighted by molar-refractivity contribution is 9.10. The molecule has 6 atom stereocenters. The van der Waals surface area contributed by atoms with Gasteiger partial charge in [0.15, 0.2) is 17.3 Å². The minimum Gasteiger partial charge on any atom is -0.507 e. The first-order valence-corrected chi connectivity index (χ1v) is 19.3. The van der Waals surface area contributed by atoms with Crippen molar-refractivity contribution in [2.24, 2.45) is 23.7 Å². The highest BCUT2D eigenvalue weighted by Crippen LogP contribution is 2.65. The zero-order chi connectivity index (χ0) is 42.5. The van der Waals surface area contributed by atoms with Gasteiger partial charge in [-0.2, -0.15) is 18.2 Å². The maximum Gasteiger partial charge on any atom is 0.417 e. The number of carbonyl (C=O) groups is 5. The molecule has 8 rings (SSSR count). The first-order chi connectivity index (χ1) is 27.9. The standard InChI is InChI=1S/C40H28BrCl2F3N4O9/c1-59-29-12-18(41)11-25(32(29)52)31-21-8-9-23-30(36(55)49(34(23)53)20-6-7-22(37(56)57)28(51)13-20)24(21)14-26-35(54)50(38(58)39(26,31)16-2-4-19(42)5-3-16)48-33-27(43)10-17(15-47-33)40(44,45)46/h2-8,10-13,15,23-24,26,30-31,51-52H,9,14H2,1H3,(H,47,48)(H,56,57). The van der Waals surface area contributed by atoms with Crippen molar-refractivity contribution in [3.63, 3.8) is 0 Å². The molecule has 3 heterocycles. The number of ether oxygens (including phenoxy) is 1. The topological polar surface area (TPSA) is 187 Å². The Morgan fingerprint density at radius 2 is 1.69 bits per heavy atom. The molecule has 2 aliphatic carbocycles. The van der Waals surface area contributed by atoms with Crippen molar-refractivity contribution in [2.75, 3.05) is 17.4 Å². The van der Waals surface area contributed by atoms with Crippen molar-refractivity contribution in [3.05, 3.63) is 115 Å². The number of carboxylic acids is 1. The quantitative estimate of drug-likeness (QED) is 0.106. The van der Waals surface area contributed by atoms with Crippen LogP contribution in [-0.2, 0) is 30.8 Å². The second kappa shape index (κ2) is 14.3. The molecule has 4 N–H and O–H groups in total. The Morgan fingerprint density at radius 1 is 0.983 bits per heavy atom. The maximum atomic E-state index is 15.4. The van der Waals surface area contributed by atoms with Gasteiger partial charge in [0.25, 0.3) is 11.8 Å². The van der Waals surface area contributed by atoms with E-state index in [2.05, 4.69) is 26.3 Å². The maximum absolute atomic E-state index is 15.4. The number of phenols is 2. The van der Waals surface area contributed by atoms with E-state index in [0.29, 0.717) is 27.3 Å². The summed E-state index contributed by atoms with van der Waals surface area (Å²) in [6.45, 7) is 0. The number of aromatic hydroxyl groups is 2. The van der Waals surface area contributed by atoms with Crippen LogP contribution in [0.15, 0.2) is 83.0 Å². The van der Waals surface area contributed by atoms with Crippen LogP contribution in [-0.4, -0.2) is 62.0 Å². The molecule has 59 heavy (non-hydrogen) atoms. The Kier molecular flexibility index (Phi) is 9.71. The van der Waals surface area contributed by atoms with Crippen molar-refractivity contribution in [1.82, 2.24) is 9.99 Å². The highest BCUT2D eigenvalue weighted by atomic mass is 79.9. The lowest BCUT2D eigenvalue weighted by Gasteiger charge is -2.50. The average molecular weight is 916 g/mol. The number of carbonyl (C=O) groups excluding carboxylic acids is 4. The van der Waals surface area contributed by atoms with Crippen molar-refractivity contribution in [3.8, 4) is 17.2 Å². The molecular formula is C40H28BrCl2F3N4O9. The third-order valence-electron chi connectivity index (χ3n) is 11.6. The van der Waals surface area contributed by atoms with E-state index in [4.69, 9.17) is 27.9 Å². The summed E-state index contributed by atoms with van der Waals surface area (Å²) in [6.07, 6.45) is -2.86. The molecule has 19 heteroatoms. The van der Waals surface area contributed by atoms with Crippen molar-refractivity contribution >= 4 is 80.2 Å². The van der Waals surface area contributed by atoms with E-state index in [1.165, 1.54) is 37.4 Å². The lowest BCUT2D eigenvalue weighted by Crippen LogP contribution is -2.53. The van der Waals surface area contributed by atoms with Gasteiger partial charge in [0.2, 0.25) is 11.8 Å². The SMILES string of the molecule is COc1cc(Br)cc(C2C3=CCC4C(=O)N(c5ccc(C(=O)O)c(O)c5)C(=O)C4C3CC3C(=O)N(Nc4ncc(C(F)(F)F)cc4Cl)C(=O)C32c2ccc(Cl)cc2)c1O. The molecule has 13 nitrogen and oxygen atoms in total. The molecule has 2 saturated heterocycles. The molecule has 0 spiro atoms. The minimum atomic E-state index is -4.80. The monoisotopic (exact) mass is 914 g/mol. The molecule has 3 fully saturated rings. The summed E-state index contributed by atoms with van der Waals surface area (Å²) in [5.74, 6) is -11.8. The fourth-order valence-electron chi connectivity index (χ4n) is 9.19. The van der Waals surface area contributed by atoms with Crippen LogP contribution in [0, 0.1) is 23.7 Å². The Bertz CT molecular complexity index is 2560. The summed E-state index contributed by atoms with van der Waals surface area (Å²) in [4.78, 5) is 75.2. The predicted octanol–water partition coefficient (Wildman–Crippen LogP) is 7.48. The van der Waals surface area contributed by atoms with Gasteiger partial charge in [-0.05, 0) is 66.8 Å². The van der Waals surface area contributed by atoms with Crippen LogP contribution in [0.4, 0.5) is 24.7 Å². The number of imide groups is 2. The number of nitrogens with one attached hydrogen (secondary N) is 1. The average Bonchev–Trinajstić information content (AvgIpc) is 3.56. The first-order valence-electron chi connectivity index (χ1n) is 17.7. The zero-order valence-corrected chi connectivity index (χ0v) is 33.2. The number of hydrogen-bond donors (Lipinski definition) is 4. The molecule has 1 saturated carbocycles. The number of amides is 4. The van der Waals surface area contributed by atoms with Gasteiger partial charge in [-0.3, -0.25) is 24.6 Å². The van der Waals surface area contributed by atoms with Crippen LogP contribution in [0.3, 0.4) is 0 Å². The van der Waals surface area contributed by atoms with Gasteiger partial charge in [-0.15, -0.1) is 0 Å². The largest absolute Gasteiger partial charge is 0.507 e. The number of alkyl halides is 3. The Balaban J connectivity index is 1.32. The zero-order valence-electron chi connectivity index (χ0n) is 30.1. The van der Waals surface area contributed by atoms with Gasteiger partial charge >= 0.3 is 12.1 Å². The van der Waals surface area contributed by atoms with Gasteiger partial charge in [-0.1, -0.05) is 62.9 Å². The number of nitrogens with zero attached hydrogens (tertiary/aromatic N) is 3. The summed E-state index contributed by atoms with van der Waals surface area (Å²) in [5.41, 5.74) is -0.338. The van der Waals surface area contributed by atoms with E-state index in [0.717, 1.165) is 17.0 Å². The van der Waals surface area contributed by atoms with Crippen molar-refractivity contribution in [1.29, 1.82) is 0 Å². The van der Waals surface area contributed by atoms with E-state index >= 15 is 4.79 Å². The third-order valence-corrected chi connectivity index (χ3v) is 12.6. The smallest absolute Gasteiger partial charge is 0.417 e. The molecule has 2 aliphatic heterocycles. The molecule has 0 bridgehead atoms. The number of carboxylic acid groups (broad SMARTS) is 1. The summed E-state index contributed by atoms with van der Waals surface area (Å²) in [5, 5.41) is 32.1. The van der Waals surface area contributed by atoms with Crippen LogP contribution in [0.1, 0.15) is 45.8 Å². The molecule has 4 aliphatic rings. The number of fused-ring (bicyclic) bond motifs is 4. The van der Waals surface area contributed by atoms with E-state index in [1.807, 2.05) is 0 Å². The van der Waals surface area contributed by atoms with E-state index in [9.17, 15) is 47.7 Å². The Morgan fingerprint density at radius 3 is 2.32 bits per heavy atom. The number of hydrazine groups is 1. The molecular weight excluding hydrogens is 888 g/mol. The number of methoxy groups -OCH3 is 1. The first kappa shape index (κ1) is 40.1. The summed E-state index contributed by atoms with van der Waals surface area (Å²) >= 11 is 16.0. The van der Waals surface area contributed by atoms with Gasteiger partial charge in [0.1, 0.15) is 11.3 Å². The van der Waals surface area contributed by atoms with Crippen molar-refractivity contribution < 1.29 is 57.2 Å². The number of aromatic nitrogens is 1. The number of halogens is 6. The molecule has 4 amide bonds. The lowest BCUT2D eigenvalue weighted by molar-refractivity contribution is -0.139. The van der Waals surface area contributed by atoms with E-state index in [-0.39, 0.29) is 40.4 Å². The predicted molar refractivity (Wildman–Crippen MR) is 207 cm³/mol. The van der Waals surface area contributed by atoms with Gasteiger partial charge in [-0.25, -0.2) is 14.7 Å². The van der Waals surface area contributed by atoms with Crippen LogP contribution in [0.25, 0.3) is 0 Å². The normalized spacial score (nSPS) is 25.1. The van der Waals surface area contributed by atoms with E-state index in [1.54, 1.807) is 18.2 Å². The number of hydrogen-bond acceptors (Lipinski definition) is 10. The summed E-state index contributed by atoms with van der Waals surface area (Å²) in [7, 11) is 1.31. The number of aromatic carboxylic acids is 1. The van der Waals surface area contributed by atoms with Gasteiger partial charge in [0.05, 0.1) is 46.6 Å². The molecule has 4 aromatic rings. The molecule has 6 unspecified atom stereocenters. The fraction of sp³-hybridized carbons (Fsp3) is 0.250. The van der Waals surface area contributed by atoms with Crippen LogP contribution in [0.2, 0.25) is 10.0 Å². The third kappa shape index (κ3) is 6.11. The minimum absolute atomic E-state index is 0.0102. The van der Waals surface area contributed by atoms with Gasteiger partial charge in [0, 0.05) is 33.2 Å². The van der Waals surface area contributed by atoms with Crippen LogP contribution >= 0.6 is 39.1 Å². The summed E-state index contributed by atoms with van der Waals surface area (Å²) < 4.78 is 46.5.